The Bertz CT molecular complexity index is 4340. The lowest BCUT2D eigenvalue weighted by molar-refractivity contribution is 0.669. The monoisotopic (exact) mass is 893 g/mol. The predicted octanol–water partition coefficient (Wildman–Crippen LogP) is 17.6. The summed E-state index contributed by atoms with van der Waals surface area (Å²) in [5.41, 5.74) is 17.5. The van der Waals surface area contributed by atoms with Crippen molar-refractivity contribution in [2.45, 2.75) is 0 Å². The maximum atomic E-state index is 6.64. The summed E-state index contributed by atoms with van der Waals surface area (Å²) >= 11 is 0. The fourth-order valence-electron chi connectivity index (χ4n) is 10.4. The molecule has 0 atom stereocenters. The van der Waals surface area contributed by atoms with Crippen molar-refractivity contribution in [3.63, 3.8) is 0 Å². The van der Waals surface area contributed by atoms with Gasteiger partial charge in [0.25, 0.3) is 0 Å². The van der Waals surface area contributed by atoms with Crippen molar-refractivity contribution in [1.82, 2.24) is 15.0 Å². The first kappa shape index (κ1) is 39.7. The molecule has 0 spiro atoms. The van der Waals surface area contributed by atoms with E-state index in [0.717, 1.165) is 138 Å². The average molecular weight is 894 g/mol. The SMILES string of the molecule is c1ccc(-c2cc(-c3cccc(-c4cccc5c4oc4ccccc45)c3)nc(-c3ccc(-c4cccc(-c5nc6ccccc6c6c(-c7ccccc7)c7c(cc56)oc5ccccc57)c4)cc3)n2)cc1. The molecule has 0 saturated carbocycles. The van der Waals surface area contributed by atoms with E-state index in [9.17, 15) is 0 Å². The Morgan fingerprint density at radius 1 is 0.286 bits per heavy atom. The number of pyridine rings is 1. The second-order valence-electron chi connectivity index (χ2n) is 17.8. The maximum absolute atomic E-state index is 6.64. The molecule has 0 unspecified atom stereocenters. The summed E-state index contributed by atoms with van der Waals surface area (Å²) in [6.07, 6.45) is 0. The van der Waals surface area contributed by atoms with Crippen molar-refractivity contribution in [3.05, 3.63) is 237 Å². The molecule has 0 N–H and O–H groups in total. The van der Waals surface area contributed by atoms with E-state index in [-0.39, 0.29) is 0 Å². The molecule has 70 heavy (non-hydrogen) atoms. The number of hydrogen-bond donors (Lipinski definition) is 0. The molecule has 0 fully saturated rings. The van der Waals surface area contributed by atoms with E-state index >= 15 is 0 Å². The topological polar surface area (TPSA) is 65.0 Å². The normalized spacial score (nSPS) is 11.7. The number of fused-ring (bicyclic) bond motifs is 9. The molecule has 0 amide bonds. The molecule has 0 aliphatic heterocycles. The highest BCUT2D eigenvalue weighted by atomic mass is 16.3. The van der Waals surface area contributed by atoms with E-state index in [1.54, 1.807) is 0 Å². The van der Waals surface area contributed by atoms with E-state index in [0.29, 0.717) is 5.82 Å². The molecule has 14 aromatic rings. The second-order valence-corrected chi connectivity index (χ2v) is 17.8. The zero-order valence-electron chi connectivity index (χ0n) is 37.7. The van der Waals surface area contributed by atoms with E-state index in [2.05, 4.69) is 200 Å². The summed E-state index contributed by atoms with van der Waals surface area (Å²) in [5, 5.41) is 7.73. The van der Waals surface area contributed by atoms with Gasteiger partial charge >= 0.3 is 0 Å². The van der Waals surface area contributed by atoms with Crippen LogP contribution in [0, 0.1) is 0 Å². The van der Waals surface area contributed by atoms with Crippen LogP contribution >= 0.6 is 0 Å². The highest BCUT2D eigenvalue weighted by molar-refractivity contribution is 6.27. The summed E-state index contributed by atoms with van der Waals surface area (Å²) in [5.74, 6) is 0.652. The van der Waals surface area contributed by atoms with Crippen LogP contribution in [0.25, 0.3) is 144 Å². The third kappa shape index (κ3) is 6.59. The molecule has 0 saturated heterocycles. The third-order valence-corrected chi connectivity index (χ3v) is 13.7. The highest BCUT2D eigenvalue weighted by Gasteiger charge is 2.22. The van der Waals surface area contributed by atoms with E-state index in [1.807, 2.05) is 36.4 Å². The minimum Gasteiger partial charge on any atom is -0.456 e. The van der Waals surface area contributed by atoms with Gasteiger partial charge in [-0.25, -0.2) is 15.0 Å². The van der Waals surface area contributed by atoms with Gasteiger partial charge < -0.3 is 8.83 Å². The Morgan fingerprint density at radius 3 is 1.66 bits per heavy atom. The van der Waals surface area contributed by atoms with Crippen molar-refractivity contribution < 1.29 is 8.83 Å². The van der Waals surface area contributed by atoms with Gasteiger partial charge in [0, 0.05) is 71.1 Å². The van der Waals surface area contributed by atoms with Crippen LogP contribution in [0.3, 0.4) is 0 Å². The first-order chi connectivity index (χ1) is 34.7. The Balaban J connectivity index is 0.872. The van der Waals surface area contributed by atoms with Gasteiger partial charge in [0.1, 0.15) is 22.3 Å². The molecule has 4 aromatic heterocycles. The van der Waals surface area contributed by atoms with Crippen LogP contribution in [0.1, 0.15) is 0 Å². The molecule has 0 radical (unpaired) electrons. The van der Waals surface area contributed by atoms with Crippen molar-refractivity contribution >= 4 is 65.6 Å². The van der Waals surface area contributed by atoms with Crippen LogP contribution in [-0.4, -0.2) is 15.0 Å². The lowest BCUT2D eigenvalue weighted by Gasteiger charge is -2.16. The van der Waals surface area contributed by atoms with Crippen LogP contribution < -0.4 is 0 Å². The summed E-state index contributed by atoms with van der Waals surface area (Å²) in [6.45, 7) is 0. The predicted molar refractivity (Wildman–Crippen MR) is 287 cm³/mol. The number of rotatable bonds is 7. The minimum absolute atomic E-state index is 0.652. The number of benzene rings is 10. The quantitative estimate of drug-likeness (QED) is 0.149. The molecule has 5 heteroatoms. The van der Waals surface area contributed by atoms with Crippen LogP contribution in [0.4, 0.5) is 0 Å². The molecule has 0 aliphatic carbocycles. The number of para-hydroxylation sites is 4. The van der Waals surface area contributed by atoms with Crippen molar-refractivity contribution in [3.8, 4) is 78.5 Å². The Hall–Kier alpha value is -9.45. The van der Waals surface area contributed by atoms with Crippen molar-refractivity contribution in [2.24, 2.45) is 0 Å². The molecular weight excluding hydrogens is 855 g/mol. The molecule has 0 bridgehead atoms. The van der Waals surface area contributed by atoms with Gasteiger partial charge in [-0.05, 0) is 64.7 Å². The zero-order valence-corrected chi connectivity index (χ0v) is 37.7. The first-order valence-electron chi connectivity index (χ1n) is 23.6. The average Bonchev–Trinajstić information content (AvgIpc) is 4.01. The summed E-state index contributed by atoms with van der Waals surface area (Å²) in [4.78, 5) is 15.8. The molecule has 5 nitrogen and oxygen atoms in total. The Labute approximate surface area is 402 Å². The molecule has 326 valence electrons. The zero-order chi connectivity index (χ0) is 46.1. The van der Waals surface area contributed by atoms with Gasteiger partial charge in [0.15, 0.2) is 5.82 Å². The summed E-state index contributed by atoms with van der Waals surface area (Å²) in [6, 6.07) is 82.5. The minimum atomic E-state index is 0.652. The summed E-state index contributed by atoms with van der Waals surface area (Å²) < 4.78 is 13.1. The van der Waals surface area contributed by atoms with E-state index < -0.39 is 0 Å². The molecule has 14 rings (SSSR count). The standard InChI is InChI=1S/C65H39N3O2/c1-3-16-41(17-4-1)55-39-56(46-22-14-21-45(37-46)48-27-15-28-50-49-24-8-11-30-57(49)70-64(48)50)68-65(67-55)43-34-32-40(33-35-43)44-20-13-23-47(36-44)63-53-38-59-62(52-26-9-12-31-58(52)69-59)60(42-18-5-2-6-19-42)61(53)51-25-7-10-29-54(51)66-63/h1-39H. The van der Waals surface area contributed by atoms with Gasteiger partial charge in [-0.15, -0.1) is 0 Å². The third-order valence-electron chi connectivity index (χ3n) is 13.7. The van der Waals surface area contributed by atoms with E-state index in [4.69, 9.17) is 23.8 Å². The first-order valence-corrected chi connectivity index (χ1v) is 23.6. The number of furan rings is 2. The fraction of sp³-hybridized carbons (Fsp3) is 0. The maximum Gasteiger partial charge on any atom is 0.160 e. The van der Waals surface area contributed by atoms with Gasteiger partial charge in [-0.2, -0.15) is 0 Å². The molecular formula is C65H39N3O2. The van der Waals surface area contributed by atoms with Gasteiger partial charge in [0.2, 0.25) is 0 Å². The van der Waals surface area contributed by atoms with E-state index in [1.165, 1.54) is 0 Å². The lowest BCUT2D eigenvalue weighted by Crippen LogP contribution is -1.96. The highest BCUT2D eigenvalue weighted by Crippen LogP contribution is 2.47. The smallest absolute Gasteiger partial charge is 0.160 e. The molecule has 4 heterocycles. The Morgan fingerprint density at radius 2 is 0.857 bits per heavy atom. The largest absolute Gasteiger partial charge is 0.456 e. The lowest BCUT2D eigenvalue weighted by atomic mass is 9.89. The van der Waals surface area contributed by atoms with Crippen molar-refractivity contribution in [2.75, 3.05) is 0 Å². The second kappa shape index (κ2) is 16.1. The van der Waals surface area contributed by atoms with Crippen LogP contribution in [-0.2, 0) is 0 Å². The number of hydrogen-bond acceptors (Lipinski definition) is 5. The molecule has 10 aromatic carbocycles. The Kier molecular flexibility index (Phi) is 9.14. The van der Waals surface area contributed by atoms with Gasteiger partial charge in [0.05, 0.1) is 22.6 Å². The van der Waals surface area contributed by atoms with Crippen molar-refractivity contribution in [1.29, 1.82) is 0 Å². The number of nitrogens with zero attached hydrogens (tertiary/aromatic N) is 3. The fourth-order valence-corrected chi connectivity index (χ4v) is 10.4. The van der Waals surface area contributed by atoms with Gasteiger partial charge in [-0.3, -0.25) is 0 Å². The number of aromatic nitrogens is 3. The van der Waals surface area contributed by atoms with Crippen LogP contribution in [0.2, 0.25) is 0 Å². The van der Waals surface area contributed by atoms with Crippen LogP contribution in [0.5, 0.6) is 0 Å². The van der Waals surface area contributed by atoms with Crippen LogP contribution in [0.15, 0.2) is 245 Å². The van der Waals surface area contributed by atoms with Gasteiger partial charge in [-0.1, -0.05) is 194 Å². The molecule has 0 aliphatic rings. The summed E-state index contributed by atoms with van der Waals surface area (Å²) in [7, 11) is 0.